The fraction of sp³-hybridized carbons (Fsp3) is 0.462. The van der Waals surface area contributed by atoms with Crippen molar-refractivity contribution in [1.29, 1.82) is 0 Å². The summed E-state index contributed by atoms with van der Waals surface area (Å²) in [4.78, 5) is 11.9. The maximum atomic E-state index is 11.9. The number of carbonyl (C=O) groups excluding carboxylic acids is 1. The van der Waals surface area contributed by atoms with E-state index in [9.17, 15) is 4.79 Å². The summed E-state index contributed by atoms with van der Waals surface area (Å²) in [5, 5.41) is 3.21. The molecule has 1 N–H and O–H groups in total. The minimum Gasteiger partial charge on any atom is -0.465 e. The molecule has 0 amide bonds. The molecule has 0 saturated carbocycles. The fourth-order valence-electron chi connectivity index (χ4n) is 1.97. The second-order valence-corrected chi connectivity index (χ2v) is 4.03. The summed E-state index contributed by atoms with van der Waals surface area (Å²) in [6, 6.07) is 7.85. The topological polar surface area (TPSA) is 47.6 Å². The summed E-state index contributed by atoms with van der Waals surface area (Å²) in [5.41, 5.74) is 2.07. The molecular weight excluding hydrogens is 218 g/mol. The van der Waals surface area contributed by atoms with Gasteiger partial charge in [-0.25, -0.2) is 0 Å². The Kier molecular flexibility index (Phi) is 3.98. The Bertz CT molecular complexity index is 392. The molecule has 1 unspecified atom stereocenters. The van der Waals surface area contributed by atoms with Crippen LogP contribution in [0.3, 0.4) is 0 Å². The number of hydrogen-bond acceptors (Lipinski definition) is 4. The van der Waals surface area contributed by atoms with Gasteiger partial charge in [0.1, 0.15) is 5.92 Å². The molecule has 1 aliphatic rings. The molecule has 0 radical (unpaired) electrons. The molecule has 1 aliphatic heterocycles. The Morgan fingerprint density at radius 1 is 1.41 bits per heavy atom. The van der Waals surface area contributed by atoms with Crippen LogP contribution >= 0.6 is 0 Å². The van der Waals surface area contributed by atoms with Crippen LogP contribution in [0.15, 0.2) is 24.3 Å². The van der Waals surface area contributed by atoms with E-state index >= 15 is 0 Å². The van der Waals surface area contributed by atoms with Gasteiger partial charge in [0.15, 0.2) is 0 Å². The number of fused-ring (bicyclic) bond motifs is 1. The molecule has 1 atom stereocenters. The van der Waals surface area contributed by atoms with Crippen LogP contribution in [0.4, 0.5) is 5.69 Å². The summed E-state index contributed by atoms with van der Waals surface area (Å²) in [6.07, 6.45) is 0.740. The summed E-state index contributed by atoms with van der Waals surface area (Å²) >= 11 is 0. The maximum Gasteiger partial charge on any atom is 0.315 e. The Hall–Kier alpha value is -1.55. The Labute approximate surface area is 101 Å². The fourth-order valence-corrected chi connectivity index (χ4v) is 1.97. The number of ether oxygens (including phenoxy) is 2. The monoisotopic (exact) mass is 235 g/mol. The zero-order chi connectivity index (χ0) is 12.1. The predicted molar refractivity (Wildman–Crippen MR) is 65.1 cm³/mol. The standard InChI is InChI=1S/C13H17NO3/c1-16-7-4-8-17-13(15)11-9-14-12-6-3-2-5-10(11)12/h2-3,5-6,11,14H,4,7-9H2,1H3. The summed E-state index contributed by atoms with van der Waals surface area (Å²) in [6.45, 7) is 1.67. The molecular formula is C13H17NO3. The quantitative estimate of drug-likeness (QED) is 0.624. The Balaban J connectivity index is 1.89. The third-order valence-corrected chi connectivity index (χ3v) is 2.85. The van der Waals surface area contributed by atoms with E-state index in [1.807, 2.05) is 24.3 Å². The second kappa shape index (κ2) is 5.68. The van der Waals surface area contributed by atoms with Crippen molar-refractivity contribution in [3.8, 4) is 0 Å². The smallest absolute Gasteiger partial charge is 0.315 e. The van der Waals surface area contributed by atoms with Crippen LogP contribution in [0.25, 0.3) is 0 Å². The van der Waals surface area contributed by atoms with Crippen LogP contribution < -0.4 is 5.32 Å². The van der Waals surface area contributed by atoms with Crippen molar-refractivity contribution in [1.82, 2.24) is 0 Å². The lowest BCUT2D eigenvalue weighted by atomic mass is 10.0. The average molecular weight is 235 g/mol. The van der Waals surface area contributed by atoms with Gasteiger partial charge in [-0.2, -0.15) is 0 Å². The molecule has 0 bridgehead atoms. The van der Waals surface area contributed by atoms with Gasteiger partial charge in [-0.05, 0) is 11.6 Å². The number of anilines is 1. The first-order valence-electron chi connectivity index (χ1n) is 5.81. The van der Waals surface area contributed by atoms with Crippen LogP contribution in [-0.2, 0) is 14.3 Å². The van der Waals surface area contributed by atoms with E-state index in [4.69, 9.17) is 9.47 Å². The van der Waals surface area contributed by atoms with Crippen molar-refractivity contribution in [2.24, 2.45) is 0 Å². The highest BCUT2D eigenvalue weighted by Gasteiger charge is 2.29. The molecule has 2 rings (SSSR count). The van der Waals surface area contributed by atoms with Crippen LogP contribution in [0.1, 0.15) is 17.9 Å². The number of rotatable bonds is 5. The molecule has 4 nitrogen and oxygen atoms in total. The first-order valence-corrected chi connectivity index (χ1v) is 5.81. The van der Waals surface area contributed by atoms with Crippen LogP contribution in [0, 0.1) is 0 Å². The van der Waals surface area contributed by atoms with E-state index in [1.165, 1.54) is 0 Å². The van der Waals surface area contributed by atoms with E-state index in [0.29, 0.717) is 19.8 Å². The van der Waals surface area contributed by atoms with Crippen molar-refractivity contribution in [3.05, 3.63) is 29.8 Å². The van der Waals surface area contributed by atoms with E-state index < -0.39 is 0 Å². The highest BCUT2D eigenvalue weighted by Crippen LogP contribution is 2.31. The molecule has 92 valence electrons. The predicted octanol–water partition coefficient (Wildman–Crippen LogP) is 1.78. The van der Waals surface area contributed by atoms with Gasteiger partial charge in [0.05, 0.1) is 6.61 Å². The zero-order valence-electron chi connectivity index (χ0n) is 9.94. The summed E-state index contributed by atoms with van der Waals surface area (Å²) in [5.74, 6) is -0.327. The molecule has 0 saturated heterocycles. The molecule has 1 aromatic rings. The van der Waals surface area contributed by atoms with E-state index in [1.54, 1.807) is 7.11 Å². The first kappa shape index (κ1) is 11.9. The molecule has 1 heterocycles. The molecule has 0 fully saturated rings. The molecule has 4 heteroatoms. The number of methoxy groups -OCH3 is 1. The maximum absolute atomic E-state index is 11.9. The van der Waals surface area contributed by atoms with Crippen molar-refractivity contribution < 1.29 is 14.3 Å². The Morgan fingerprint density at radius 3 is 3.06 bits per heavy atom. The molecule has 17 heavy (non-hydrogen) atoms. The van der Waals surface area contributed by atoms with Crippen molar-refractivity contribution >= 4 is 11.7 Å². The largest absolute Gasteiger partial charge is 0.465 e. The van der Waals surface area contributed by atoms with Crippen molar-refractivity contribution in [3.63, 3.8) is 0 Å². The van der Waals surface area contributed by atoms with Gasteiger partial charge in [0.25, 0.3) is 0 Å². The lowest BCUT2D eigenvalue weighted by Crippen LogP contribution is -2.18. The van der Waals surface area contributed by atoms with Gasteiger partial charge >= 0.3 is 5.97 Å². The van der Waals surface area contributed by atoms with Gasteiger partial charge in [0.2, 0.25) is 0 Å². The van der Waals surface area contributed by atoms with Crippen molar-refractivity contribution in [2.45, 2.75) is 12.3 Å². The number of nitrogens with one attached hydrogen (secondary N) is 1. The number of para-hydroxylation sites is 1. The van der Waals surface area contributed by atoms with Crippen LogP contribution in [0.5, 0.6) is 0 Å². The molecule has 1 aromatic carbocycles. The zero-order valence-corrected chi connectivity index (χ0v) is 9.94. The van der Waals surface area contributed by atoms with Crippen molar-refractivity contribution in [2.75, 3.05) is 32.2 Å². The summed E-state index contributed by atoms with van der Waals surface area (Å²) in [7, 11) is 1.64. The third-order valence-electron chi connectivity index (χ3n) is 2.85. The average Bonchev–Trinajstić information content (AvgIpc) is 2.78. The number of benzene rings is 1. The number of carbonyl (C=O) groups is 1. The van der Waals surface area contributed by atoms with Gasteiger partial charge in [-0.3, -0.25) is 4.79 Å². The van der Waals surface area contributed by atoms with Crippen LogP contribution in [0.2, 0.25) is 0 Å². The highest BCUT2D eigenvalue weighted by molar-refractivity contribution is 5.83. The molecule has 0 aromatic heterocycles. The van der Waals surface area contributed by atoms with Gasteiger partial charge < -0.3 is 14.8 Å². The van der Waals surface area contributed by atoms with Gasteiger partial charge in [-0.15, -0.1) is 0 Å². The third kappa shape index (κ3) is 2.77. The highest BCUT2D eigenvalue weighted by atomic mass is 16.5. The van der Waals surface area contributed by atoms with E-state index in [2.05, 4.69) is 5.32 Å². The SMILES string of the molecule is COCCCOC(=O)C1CNc2ccccc21. The van der Waals surface area contributed by atoms with Crippen LogP contribution in [-0.4, -0.2) is 32.8 Å². The first-order chi connectivity index (χ1) is 8.33. The minimum atomic E-state index is -0.172. The normalized spacial score (nSPS) is 17.4. The lowest BCUT2D eigenvalue weighted by Gasteiger charge is -2.10. The number of hydrogen-bond donors (Lipinski definition) is 1. The molecule has 0 aliphatic carbocycles. The second-order valence-electron chi connectivity index (χ2n) is 4.03. The summed E-state index contributed by atoms with van der Waals surface area (Å²) < 4.78 is 10.1. The minimum absolute atomic E-state index is 0.154. The number of esters is 1. The van der Waals surface area contributed by atoms with Gasteiger partial charge in [-0.1, -0.05) is 18.2 Å². The van der Waals surface area contributed by atoms with E-state index in [0.717, 1.165) is 17.7 Å². The van der Waals surface area contributed by atoms with E-state index in [-0.39, 0.29) is 11.9 Å². The lowest BCUT2D eigenvalue weighted by molar-refractivity contribution is -0.145. The molecule has 0 spiro atoms. The van der Waals surface area contributed by atoms with Gasteiger partial charge in [0, 0.05) is 32.4 Å². The Morgan fingerprint density at radius 2 is 2.24 bits per heavy atom.